The first-order valence-corrected chi connectivity index (χ1v) is 4.41. The van der Waals surface area contributed by atoms with E-state index in [0.717, 1.165) is 0 Å². The van der Waals surface area contributed by atoms with Gasteiger partial charge in [-0.25, -0.2) is 9.79 Å². The van der Waals surface area contributed by atoms with Crippen molar-refractivity contribution < 1.29 is 19.0 Å². The smallest absolute Gasteiger partial charge is 0.470 e. The van der Waals surface area contributed by atoms with Crippen LogP contribution in [0.2, 0.25) is 0 Å². The van der Waals surface area contributed by atoms with Crippen molar-refractivity contribution in [1.29, 1.82) is 0 Å². The molecule has 0 bridgehead atoms. The van der Waals surface area contributed by atoms with E-state index in [-0.39, 0.29) is 12.7 Å². The van der Waals surface area contributed by atoms with Crippen LogP contribution >= 0.6 is 0 Å². The molecule has 0 amide bonds. The molecule has 0 aromatic carbocycles. The molecule has 0 spiro atoms. The highest BCUT2D eigenvalue weighted by Gasteiger charge is 2.27. The van der Waals surface area contributed by atoms with Crippen LogP contribution < -0.4 is 0 Å². The molecule has 0 saturated heterocycles. The number of hydrogen-bond donors (Lipinski definition) is 0. The lowest BCUT2D eigenvalue weighted by molar-refractivity contribution is 0.00630. The van der Waals surface area contributed by atoms with Gasteiger partial charge in [-0.1, -0.05) is 6.08 Å². The zero-order valence-corrected chi connectivity index (χ0v) is 8.17. The second-order valence-electron chi connectivity index (χ2n) is 2.57. The molecular weight excluding hydrogens is 186 g/mol. The third-order valence-electron chi connectivity index (χ3n) is 1.57. The lowest BCUT2D eigenvalue weighted by Crippen LogP contribution is -2.26. The molecule has 5 nitrogen and oxygen atoms in total. The van der Waals surface area contributed by atoms with Gasteiger partial charge in [0.25, 0.3) is 0 Å². The first kappa shape index (κ1) is 10.6. The number of hydrogen-bond acceptors (Lipinski definition) is 5. The van der Waals surface area contributed by atoms with Crippen LogP contribution in [-0.4, -0.2) is 31.5 Å². The summed E-state index contributed by atoms with van der Waals surface area (Å²) in [4.78, 5) is 14.8. The van der Waals surface area contributed by atoms with Crippen molar-refractivity contribution >= 4 is 12.6 Å². The highest BCUT2D eigenvalue weighted by Crippen LogP contribution is 2.13. The molecule has 0 radical (unpaired) electrons. The van der Waals surface area contributed by atoms with Crippen molar-refractivity contribution in [2.45, 2.75) is 26.2 Å². The van der Waals surface area contributed by atoms with E-state index in [2.05, 4.69) is 9.73 Å². The molecule has 1 aliphatic rings. The standard InChI is InChI=1S/C9H13NO4/c1-3-5-7-8(10-6-13-7)14-9(11)12-4-2/h3,5-8H,4H2,1-2H3. The first-order chi connectivity index (χ1) is 6.77. The Morgan fingerprint density at radius 1 is 1.71 bits per heavy atom. The van der Waals surface area contributed by atoms with Gasteiger partial charge >= 0.3 is 6.16 Å². The maximum atomic E-state index is 11.0. The number of nitrogens with zero attached hydrogens (tertiary/aromatic N) is 1. The summed E-state index contributed by atoms with van der Waals surface area (Å²) in [5.74, 6) is 0. The van der Waals surface area contributed by atoms with Crippen molar-refractivity contribution in [1.82, 2.24) is 0 Å². The van der Waals surface area contributed by atoms with Gasteiger partial charge in [0.15, 0.2) is 12.5 Å². The molecule has 14 heavy (non-hydrogen) atoms. The summed E-state index contributed by atoms with van der Waals surface area (Å²) >= 11 is 0. The Morgan fingerprint density at radius 2 is 2.50 bits per heavy atom. The van der Waals surface area contributed by atoms with Crippen molar-refractivity contribution in [3.63, 3.8) is 0 Å². The van der Waals surface area contributed by atoms with Crippen LogP contribution in [0, 0.1) is 0 Å². The minimum atomic E-state index is -0.727. The molecular formula is C9H13NO4. The lowest BCUT2D eigenvalue weighted by Gasteiger charge is -2.13. The fourth-order valence-electron chi connectivity index (χ4n) is 0.995. The average Bonchev–Trinajstić information content (AvgIpc) is 2.54. The highest BCUT2D eigenvalue weighted by molar-refractivity contribution is 5.61. The van der Waals surface area contributed by atoms with Crippen LogP contribution in [0.1, 0.15) is 13.8 Å². The quantitative estimate of drug-likeness (QED) is 0.510. The molecule has 0 N–H and O–H groups in total. The Bertz CT molecular complexity index is 249. The summed E-state index contributed by atoms with van der Waals surface area (Å²) < 4.78 is 14.6. The minimum Gasteiger partial charge on any atom is -0.470 e. The molecule has 0 fully saturated rings. The average molecular weight is 199 g/mol. The number of carbonyl (C=O) groups is 1. The van der Waals surface area contributed by atoms with Gasteiger partial charge < -0.3 is 14.2 Å². The predicted octanol–water partition coefficient (Wildman–Crippen LogP) is 1.49. The van der Waals surface area contributed by atoms with Crippen molar-refractivity contribution in [2.24, 2.45) is 4.99 Å². The highest BCUT2D eigenvalue weighted by atomic mass is 16.7. The summed E-state index contributed by atoms with van der Waals surface area (Å²) in [5, 5.41) is 0. The maximum absolute atomic E-state index is 11.0. The van der Waals surface area contributed by atoms with Crippen LogP contribution in [0.4, 0.5) is 4.79 Å². The van der Waals surface area contributed by atoms with Gasteiger partial charge in [-0.3, -0.25) is 0 Å². The van der Waals surface area contributed by atoms with E-state index in [0.29, 0.717) is 0 Å². The van der Waals surface area contributed by atoms with E-state index in [4.69, 9.17) is 9.47 Å². The van der Waals surface area contributed by atoms with Crippen LogP contribution in [-0.2, 0) is 14.2 Å². The number of aliphatic imine (C=N–C) groups is 1. The molecule has 2 unspecified atom stereocenters. The van der Waals surface area contributed by atoms with E-state index >= 15 is 0 Å². The van der Waals surface area contributed by atoms with Gasteiger partial charge in [-0.15, -0.1) is 0 Å². The zero-order valence-electron chi connectivity index (χ0n) is 8.17. The fraction of sp³-hybridized carbons (Fsp3) is 0.556. The molecule has 2 atom stereocenters. The van der Waals surface area contributed by atoms with Gasteiger partial charge in [0.2, 0.25) is 6.23 Å². The molecule has 1 heterocycles. The van der Waals surface area contributed by atoms with Crippen molar-refractivity contribution in [3.8, 4) is 0 Å². The van der Waals surface area contributed by atoms with Gasteiger partial charge in [0.05, 0.1) is 6.61 Å². The Balaban J connectivity index is 2.42. The van der Waals surface area contributed by atoms with Crippen LogP contribution in [0.3, 0.4) is 0 Å². The van der Waals surface area contributed by atoms with Gasteiger partial charge in [-0.2, -0.15) is 0 Å². The molecule has 0 saturated carbocycles. The Hall–Kier alpha value is -1.52. The summed E-state index contributed by atoms with van der Waals surface area (Å²) in [6.07, 6.45) is 3.14. The second-order valence-corrected chi connectivity index (χ2v) is 2.57. The largest absolute Gasteiger partial charge is 0.510 e. The molecule has 1 aliphatic heterocycles. The predicted molar refractivity (Wildman–Crippen MR) is 50.1 cm³/mol. The first-order valence-electron chi connectivity index (χ1n) is 4.41. The van der Waals surface area contributed by atoms with Gasteiger partial charge in [-0.05, 0) is 19.9 Å². The molecule has 0 aromatic heterocycles. The Kier molecular flexibility index (Phi) is 3.97. The molecule has 0 aromatic rings. The molecule has 1 rings (SSSR count). The molecule has 5 heteroatoms. The van der Waals surface area contributed by atoms with Crippen LogP contribution in [0.15, 0.2) is 17.1 Å². The third-order valence-corrected chi connectivity index (χ3v) is 1.57. The second kappa shape index (κ2) is 5.26. The summed E-state index contributed by atoms with van der Waals surface area (Å²) in [5.41, 5.74) is 0. The fourth-order valence-corrected chi connectivity index (χ4v) is 0.995. The Morgan fingerprint density at radius 3 is 3.14 bits per heavy atom. The third kappa shape index (κ3) is 2.76. The van der Waals surface area contributed by atoms with Crippen LogP contribution in [0.5, 0.6) is 0 Å². The number of ether oxygens (including phenoxy) is 3. The normalized spacial score (nSPS) is 25.0. The van der Waals surface area contributed by atoms with Crippen molar-refractivity contribution in [3.05, 3.63) is 12.2 Å². The van der Waals surface area contributed by atoms with E-state index in [1.165, 1.54) is 6.40 Å². The SMILES string of the molecule is CC=CC1OC=NC1OC(=O)OCC. The monoisotopic (exact) mass is 199 g/mol. The summed E-state index contributed by atoms with van der Waals surface area (Å²) in [6, 6.07) is 0. The van der Waals surface area contributed by atoms with Crippen molar-refractivity contribution in [2.75, 3.05) is 6.61 Å². The van der Waals surface area contributed by atoms with E-state index in [9.17, 15) is 4.79 Å². The topological polar surface area (TPSA) is 57.1 Å². The summed E-state index contributed by atoms with van der Waals surface area (Å²) in [7, 11) is 0. The minimum absolute atomic E-state index is 0.282. The van der Waals surface area contributed by atoms with Gasteiger partial charge in [0, 0.05) is 0 Å². The lowest BCUT2D eigenvalue weighted by atomic mass is 10.3. The number of rotatable bonds is 3. The zero-order chi connectivity index (χ0) is 10.4. The van der Waals surface area contributed by atoms with E-state index < -0.39 is 12.4 Å². The molecule has 0 aliphatic carbocycles. The number of carbonyl (C=O) groups excluding carboxylic acids is 1. The van der Waals surface area contributed by atoms with Crippen LogP contribution in [0.25, 0.3) is 0 Å². The Labute approximate surface area is 82.4 Å². The summed E-state index contributed by atoms with van der Waals surface area (Å²) in [6.45, 7) is 3.84. The van der Waals surface area contributed by atoms with Gasteiger partial charge in [0.1, 0.15) is 0 Å². The number of allylic oxidation sites excluding steroid dienone is 1. The van der Waals surface area contributed by atoms with E-state index in [1.807, 2.05) is 6.92 Å². The molecule has 78 valence electrons. The maximum Gasteiger partial charge on any atom is 0.510 e. The van der Waals surface area contributed by atoms with E-state index in [1.54, 1.807) is 19.1 Å².